The fourth-order valence-electron chi connectivity index (χ4n) is 2.35. The van der Waals surface area contributed by atoms with Crippen molar-refractivity contribution in [2.75, 3.05) is 0 Å². The van der Waals surface area contributed by atoms with Crippen molar-refractivity contribution in [1.82, 2.24) is 0 Å². The third-order valence-electron chi connectivity index (χ3n) is 3.65. The Bertz CT molecular complexity index is 427. The maximum atomic E-state index is 12.4. The first-order chi connectivity index (χ1) is 7.86. The van der Waals surface area contributed by atoms with Crippen molar-refractivity contribution in [3.8, 4) is 0 Å². The zero-order chi connectivity index (χ0) is 12.7. The predicted octanol–water partition coefficient (Wildman–Crippen LogP) is 3.72. The maximum absolute atomic E-state index is 12.4. The van der Waals surface area contributed by atoms with Gasteiger partial charge < -0.3 is 0 Å². The Hall–Kier alpha value is -1.32. The van der Waals surface area contributed by atoms with Crippen molar-refractivity contribution in [2.24, 2.45) is 0 Å². The molecule has 1 aliphatic rings. The number of carbonyl (C=O) groups is 1. The summed E-state index contributed by atoms with van der Waals surface area (Å²) in [7, 11) is 0. The van der Waals surface area contributed by atoms with E-state index in [-0.39, 0.29) is 5.78 Å². The number of alkyl halides is 3. The second-order valence-corrected chi connectivity index (χ2v) is 4.57. The fraction of sp³-hybridized carbons (Fsp3) is 0.462. The Morgan fingerprint density at radius 1 is 1.18 bits per heavy atom. The lowest BCUT2D eigenvalue weighted by Gasteiger charge is -2.40. The van der Waals surface area contributed by atoms with Crippen LogP contribution >= 0.6 is 0 Å². The molecule has 0 N–H and O–H groups in total. The van der Waals surface area contributed by atoms with Crippen LogP contribution in [0.5, 0.6) is 0 Å². The standard InChI is InChI=1S/C13H13F3O/c1-9(17)12(7-2-8-12)10-3-5-11(6-4-10)13(14,15)16/h3-6H,2,7-8H2,1H3. The molecular formula is C13H13F3O. The van der Waals surface area contributed by atoms with E-state index in [0.29, 0.717) is 5.56 Å². The van der Waals surface area contributed by atoms with Gasteiger partial charge in [0.1, 0.15) is 5.78 Å². The van der Waals surface area contributed by atoms with E-state index in [0.717, 1.165) is 31.4 Å². The first-order valence-electron chi connectivity index (χ1n) is 5.55. The number of carbonyl (C=O) groups excluding carboxylic acids is 1. The van der Waals surface area contributed by atoms with Crippen LogP contribution < -0.4 is 0 Å². The number of Topliss-reactive ketones (excluding diaryl/α,β-unsaturated/α-hetero) is 1. The molecule has 1 aromatic carbocycles. The summed E-state index contributed by atoms with van der Waals surface area (Å²) < 4.78 is 37.2. The molecule has 1 saturated carbocycles. The molecule has 92 valence electrons. The summed E-state index contributed by atoms with van der Waals surface area (Å²) in [5, 5.41) is 0. The van der Waals surface area contributed by atoms with Gasteiger partial charge in [-0.3, -0.25) is 4.79 Å². The molecule has 0 amide bonds. The van der Waals surface area contributed by atoms with Gasteiger partial charge in [-0.05, 0) is 37.5 Å². The molecule has 2 rings (SSSR count). The third kappa shape index (κ3) is 1.96. The van der Waals surface area contributed by atoms with Gasteiger partial charge >= 0.3 is 6.18 Å². The molecule has 17 heavy (non-hydrogen) atoms. The average Bonchev–Trinajstić information content (AvgIpc) is 2.14. The van der Waals surface area contributed by atoms with Gasteiger partial charge in [0.05, 0.1) is 11.0 Å². The van der Waals surface area contributed by atoms with Gasteiger partial charge in [-0.25, -0.2) is 0 Å². The molecule has 0 aromatic heterocycles. The van der Waals surface area contributed by atoms with Crippen molar-refractivity contribution in [2.45, 2.75) is 37.8 Å². The lowest BCUT2D eigenvalue weighted by Crippen LogP contribution is -2.40. The number of hydrogen-bond acceptors (Lipinski definition) is 1. The molecule has 0 bridgehead atoms. The summed E-state index contributed by atoms with van der Waals surface area (Å²) in [6.07, 6.45) is -1.87. The Morgan fingerprint density at radius 3 is 2.00 bits per heavy atom. The van der Waals surface area contributed by atoms with Crippen LogP contribution in [0.15, 0.2) is 24.3 Å². The Kier molecular flexibility index (Phi) is 2.76. The molecule has 0 heterocycles. The van der Waals surface area contributed by atoms with Gasteiger partial charge in [0.2, 0.25) is 0 Å². The van der Waals surface area contributed by atoms with E-state index in [2.05, 4.69) is 0 Å². The van der Waals surface area contributed by atoms with Crippen LogP contribution in [0.3, 0.4) is 0 Å². The summed E-state index contributed by atoms with van der Waals surface area (Å²) in [5.41, 5.74) is -0.479. The highest BCUT2D eigenvalue weighted by Crippen LogP contribution is 2.45. The number of ketones is 1. The Labute approximate surface area is 97.6 Å². The van der Waals surface area contributed by atoms with Crippen molar-refractivity contribution in [1.29, 1.82) is 0 Å². The highest BCUT2D eigenvalue weighted by Gasteiger charge is 2.43. The van der Waals surface area contributed by atoms with Crippen LogP contribution in [0.2, 0.25) is 0 Å². The van der Waals surface area contributed by atoms with Gasteiger partial charge in [0.25, 0.3) is 0 Å². The van der Waals surface area contributed by atoms with Crippen molar-refractivity contribution < 1.29 is 18.0 Å². The van der Waals surface area contributed by atoms with Crippen molar-refractivity contribution in [3.63, 3.8) is 0 Å². The quantitative estimate of drug-likeness (QED) is 0.772. The van der Waals surface area contributed by atoms with E-state index in [9.17, 15) is 18.0 Å². The van der Waals surface area contributed by atoms with Gasteiger partial charge in [0.15, 0.2) is 0 Å². The lowest BCUT2D eigenvalue weighted by atomic mass is 9.62. The van der Waals surface area contributed by atoms with Gasteiger partial charge in [-0.15, -0.1) is 0 Å². The van der Waals surface area contributed by atoms with E-state index >= 15 is 0 Å². The molecule has 0 atom stereocenters. The summed E-state index contributed by atoms with van der Waals surface area (Å²) in [4.78, 5) is 11.6. The molecule has 0 aliphatic heterocycles. The monoisotopic (exact) mass is 242 g/mol. The summed E-state index contributed by atoms with van der Waals surface area (Å²) in [6.45, 7) is 1.51. The number of halogens is 3. The Balaban J connectivity index is 2.32. The minimum Gasteiger partial charge on any atom is -0.299 e. The lowest BCUT2D eigenvalue weighted by molar-refractivity contribution is -0.137. The highest BCUT2D eigenvalue weighted by molar-refractivity contribution is 5.89. The third-order valence-corrected chi connectivity index (χ3v) is 3.65. The van der Waals surface area contributed by atoms with Crippen LogP contribution in [-0.4, -0.2) is 5.78 Å². The van der Waals surface area contributed by atoms with Gasteiger partial charge in [-0.2, -0.15) is 13.2 Å². The molecule has 4 heteroatoms. The second kappa shape index (κ2) is 3.86. The molecule has 0 saturated heterocycles. The first-order valence-corrected chi connectivity index (χ1v) is 5.55. The molecule has 0 unspecified atom stereocenters. The first kappa shape index (κ1) is 12.1. The van der Waals surface area contributed by atoms with E-state index in [1.165, 1.54) is 19.1 Å². The molecule has 1 fully saturated rings. The normalized spacial score (nSPS) is 18.6. The van der Waals surface area contributed by atoms with E-state index in [4.69, 9.17) is 0 Å². The smallest absolute Gasteiger partial charge is 0.299 e. The zero-order valence-corrected chi connectivity index (χ0v) is 9.47. The highest BCUT2D eigenvalue weighted by atomic mass is 19.4. The fourth-order valence-corrected chi connectivity index (χ4v) is 2.35. The van der Waals surface area contributed by atoms with Crippen molar-refractivity contribution in [3.05, 3.63) is 35.4 Å². The van der Waals surface area contributed by atoms with Crippen LogP contribution in [0.25, 0.3) is 0 Å². The predicted molar refractivity (Wildman–Crippen MR) is 57.7 cm³/mol. The van der Waals surface area contributed by atoms with Gasteiger partial charge in [-0.1, -0.05) is 18.6 Å². The van der Waals surface area contributed by atoms with Gasteiger partial charge in [0, 0.05) is 0 Å². The van der Waals surface area contributed by atoms with Crippen LogP contribution in [0.1, 0.15) is 37.3 Å². The number of rotatable bonds is 2. The largest absolute Gasteiger partial charge is 0.416 e. The van der Waals surface area contributed by atoms with Crippen LogP contribution in [0.4, 0.5) is 13.2 Å². The topological polar surface area (TPSA) is 17.1 Å². The molecule has 1 aromatic rings. The van der Waals surface area contributed by atoms with E-state index in [1.807, 2.05) is 0 Å². The van der Waals surface area contributed by atoms with Crippen LogP contribution in [0, 0.1) is 0 Å². The maximum Gasteiger partial charge on any atom is 0.416 e. The molecule has 0 radical (unpaired) electrons. The average molecular weight is 242 g/mol. The minimum atomic E-state index is -4.32. The van der Waals surface area contributed by atoms with Crippen molar-refractivity contribution >= 4 is 5.78 Å². The zero-order valence-electron chi connectivity index (χ0n) is 9.47. The minimum absolute atomic E-state index is 0.0449. The summed E-state index contributed by atoms with van der Waals surface area (Å²) in [5.74, 6) is 0.0449. The molecular weight excluding hydrogens is 229 g/mol. The Morgan fingerprint density at radius 2 is 1.71 bits per heavy atom. The summed E-state index contributed by atoms with van der Waals surface area (Å²) >= 11 is 0. The molecule has 1 aliphatic carbocycles. The van der Waals surface area contributed by atoms with Crippen LogP contribution in [-0.2, 0) is 16.4 Å². The number of hydrogen-bond donors (Lipinski definition) is 0. The summed E-state index contributed by atoms with van der Waals surface area (Å²) in [6, 6.07) is 4.98. The van der Waals surface area contributed by atoms with E-state index < -0.39 is 17.2 Å². The molecule has 1 nitrogen and oxygen atoms in total. The SMILES string of the molecule is CC(=O)C1(c2ccc(C(F)(F)F)cc2)CCC1. The molecule has 0 spiro atoms. The van der Waals surface area contributed by atoms with E-state index in [1.54, 1.807) is 0 Å². The number of benzene rings is 1. The second-order valence-electron chi connectivity index (χ2n) is 4.57.